The first-order chi connectivity index (χ1) is 13.2. The average molecular weight is 357 g/mol. The molecule has 2 heterocycles. The zero-order valence-corrected chi connectivity index (χ0v) is 14.6. The van der Waals surface area contributed by atoms with Gasteiger partial charge in [0, 0.05) is 41.7 Å². The highest BCUT2D eigenvalue weighted by molar-refractivity contribution is 5.91. The highest BCUT2D eigenvalue weighted by atomic mass is 16.5. The van der Waals surface area contributed by atoms with Crippen molar-refractivity contribution in [1.82, 2.24) is 10.3 Å². The van der Waals surface area contributed by atoms with Crippen LogP contribution in [0.3, 0.4) is 0 Å². The minimum Gasteiger partial charge on any atom is -0.618 e. The van der Waals surface area contributed by atoms with E-state index < -0.39 is 0 Å². The number of nitrogens with one attached hydrogen (secondary N) is 2. The van der Waals surface area contributed by atoms with Gasteiger partial charge in [-0.2, -0.15) is 4.73 Å². The summed E-state index contributed by atoms with van der Waals surface area (Å²) in [6.45, 7) is 0.388. The van der Waals surface area contributed by atoms with E-state index in [0.29, 0.717) is 11.3 Å². The van der Waals surface area contributed by atoms with Crippen molar-refractivity contribution in [2.45, 2.75) is 5.92 Å². The number of carbonyl (C=O) groups excluding carboxylic acids is 1. The molecule has 5 heteroatoms. The van der Waals surface area contributed by atoms with Crippen LogP contribution in [0.4, 0.5) is 0 Å². The maximum Gasteiger partial charge on any atom is 0.317 e. The first-order valence-electron chi connectivity index (χ1n) is 8.81. The van der Waals surface area contributed by atoms with Crippen LogP contribution in [0.25, 0.3) is 10.9 Å². The molecule has 2 aromatic carbocycles. The van der Waals surface area contributed by atoms with E-state index in [4.69, 9.17) is 0 Å². The van der Waals surface area contributed by atoms with Crippen molar-refractivity contribution in [3.8, 4) is 0 Å². The Labute approximate surface area is 156 Å². The molecule has 0 saturated carbocycles. The van der Waals surface area contributed by atoms with Gasteiger partial charge in [0.05, 0.1) is 0 Å². The molecule has 0 spiro atoms. The van der Waals surface area contributed by atoms with Crippen LogP contribution in [0.15, 0.2) is 85.2 Å². The molecule has 0 unspecified atom stereocenters. The third kappa shape index (κ3) is 3.40. The summed E-state index contributed by atoms with van der Waals surface area (Å²) in [5, 5.41) is 15.9. The number of rotatable bonds is 5. The van der Waals surface area contributed by atoms with Gasteiger partial charge >= 0.3 is 5.91 Å². The van der Waals surface area contributed by atoms with Crippen LogP contribution < -0.4 is 10.0 Å². The summed E-state index contributed by atoms with van der Waals surface area (Å²) in [6.07, 6.45) is 3.31. The van der Waals surface area contributed by atoms with Gasteiger partial charge in [-0.15, -0.1) is 0 Å². The number of benzene rings is 2. The predicted molar refractivity (Wildman–Crippen MR) is 104 cm³/mol. The number of hydrogen-bond donors (Lipinski definition) is 2. The lowest BCUT2D eigenvalue weighted by Crippen LogP contribution is -2.40. The van der Waals surface area contributed by atoms with Crippen molar-refractivity contribution in [3.63, 3.8) is 0 Å². The van der Waals surface area contributed by atoms with Crippen LogP contribution in [0.5, 0.6) is 0 Å². The molecule has 4 rings (SSSR count). The second-order valence-electron chi connectivity index (χ2n) is 6.37. The van der Waals surface area contributed by atoms with Crippen molar-refractivity contribution in [2.75, 3.05) is 6.54 Å². The van der Waals surface area contributed by atoms with Gasteiger partial charge < -0.3 is 15.5 Å². The lowest BCUT2D eigenvalue weighted by molar-refractivity contribution is -0.607. The molecule has 2 N–H and O–H groups in total. The highest BCUT2D eigenvalue weighted by Crippen LogP contribution is 2.30. The zero-order valence-electron chi connectivity index (χ0n) is 14.6. The number of pyridine rings is 1. The summed E-state index contributed by atoms with van der Waals surface area (Å²) in [6, 6.07) is 22.9. The van der Waals surface area contributed by atoms with E-state index in [0.717, 1.165) is 22.0 Å². The van der Waals surface area contributed by atoms with E-state index in [1.54, 1.807) is 12.1 Å². The van der Waals surface area contributed by atoms with E-state index in [9.17, 15) is 10.0 Å². The summed E-state index contributed by atoms with van der Waals surface area (Å²) in [5.74, 6) is -0.415. The fourth-order valence-corrected chi connectivity index (χ4v) is 3.36. The minimum absolute atomic E-state index is 0.0323. The molecule has 0 aliphatic heterocycles. The van der Waals surface area contributed by atoms with Crippen molar-refractivity contribution in [3.05, 3.63) is 107 Å². The van der Waals surface area contributed by atoms with Crippen molar-refractivity contribution in [2.24, 2.45) is 0 Å². The molecule has 2 aromatic heterocycles. The van der Waals surface area contributed by atoms with Gasteiger partial charge in [-0.3, -0.25) is 4.79 Å². The van der Waals surface area contributed by atoms with Gasteiger partial charge in [-0.1, -0.05) is 48.5 Å². The van der Waals surface area contributed by atoms with Crippen LogP contribution in [-0.2, 0) is 0 Å². The fourth-order valence-electron chi connectivity index (χ4n) is 3.36. The fraction of sp³-hybridized carbons (Fsp3) is 0.0909. The van der Waals surface area contributed by atoms with Crippen LogP contribution in [0.1, 0.15) is 27.5 Å². The summed E-state index contributed by atoms with van der Waals surface area (Å²) >= 11 is 0. The molecule has 0 aliphatic rings. The summed E-state index contributed by atoms with van der Waals surface area (Å²) in [7, 11) is 0. The zero-order chi connectivity index (χ0) is 18.6. The molecule has 4 aromatic rings. The molecule has 1 amide bonds. The van der Waals surface area contributed by atoms with Crippen molar-refractivity contribution < 1.29 is 9.52 Å². The largest absolute Gasteiger partial charge is 0.618 e. The van der Waals surface area contributed by atoms with Gasteiger partial charge in [0.2, 0.25) is 0 Å². The summed E-state index contributed by atoms with van der Waals surface area (Å²) in [5.41, 5.74) is 3.36. The Kier molecular flexibility index (Phi) is 4.58. The Morgan fingerprint density at radius 1 is 1.00 bits per heavy atom. The van der Waals surface area contributed by atoms with Crippen molar-refractivity contribution in [1.29, 1.82) is 0 Å². The molecule has 0 aliphatic carbocycles. The Morgan fingerprint density at radius 3 is 2.56 bits per heavy atom. The number of fused-ring (bicyclic) bond motifs is 1. The first-order valence-corrected chi connectivity index (χ1v) is 8.81. The van der Waals surface area contributed by atoms with Crippen LogP contribution in [0, 0.1) is 5.21 Å². The number of nitrogens with zero attached hydrogens (tertiary/aromatic N) is 1. The minimum atomic E-state index is -0.383. The predicted octanol–water partition coefficient (Wildman–Crippen LogP) is 3.36. The monoisotopic (exact) mass is 357 g/mol. The Bertz CT molecular complexity index is 1070. The van der Waals surface area contributed by atoms with Crippen LogP contribution in [-0.4, -0.2) is 17.4 Å². The smallest absolute Gasteiger partial charge is 0.317 e. The summed E-state index contributed by atoms with van der Waals surface area (Å²) in [4.78, 5) is 15.8. The van der Waals surface area contributed by atoms with Gasteiger partial charge in [0.1, 0.15) is 0 Å². The third-order valence-electron chi connectivity index (χ3n) is 4.72. The van der Waals surface area contributed by atoms with E-state index in [1.165, 1.54) is 12.3 Å². The molecule has 5 nitrogen and oxygen atoms in total. The van der Waals surface area contributed by atoms with E-state index in [2.05, 4.69) is 28.5 Å². The molecular weight excluding hydrogens is 338 g/mol. The van der Waals surface area contributed by atoms with E-state index in [1.807, 2.05) is 42.6 Å². The quantitative estimate of drug-likeness (QED) is 0.425. The second-order valence-corrected chi connectivity index (χ2v) is 6.37. The van der Waals surface area contributed by atoms with E-state index in [-0.39, 0.29) is 17.5 Å². The van der Waals surface area contributed by atoms with Crippen molar-refractivity contribution >= 4 is 16.8 Å². The molecule has 27 heavy (non-hydrogen) atoms. The number of aromatic amines is 1. The molecule has 0 saturated heterocycles. The topological polar surface area (TPSA) is 71.8 Å². The molecule has 0 bridgehead atoms. The van der Waals surface area contributed by atoms with Gasteiger partial charge in [0.25, 0.3) is 5.69 Å². The number of carbonyl (C=O) groups is 1. The first kappa shape index (κ1) is 16.8. The lowest BCUT2D eigenvalue weighted by atomic mass is 9.91. The Morgan fingerprint density at radius 2 is 1.74 bits per heavy atom. The summed E-state index contributed by atoms with van der Waals surface area (Å²) < 4.78 is 0.582. The van der Waals surface area contributed by atoms with Crippen LogP contribution in [0.2, 0.25) is 0 Å². The normalized spacial score (nSPS) is 12.0. The van der Waals surface area contributed by atoms with Gasteiger partial charge in [0.15, 0.2) is 6.20 Å². The average Bonchev–Trinajstić information content (AvgIpc) is 3.13. The molecule has 0 radical (unpaired) electrons. The van der Waals surface area contributed by atoms with E-state index >= 15 is 0 Å². The maximum atomic E-state index is 12.5. The molecule has 134 valence electrons. The van der Waals surface area contributed by atoms with Gasteiger partial charge in [-0.05, 0) is 23.3 Å². The SMILES string of the molecule is O=C(NC[C@@H](c1ccccc1)c1c[nH]c2ccccc12)c1cccc[n+]1[O-]. The molecular formula is C22H19N3O2. The number of para-hydroxylation sites is 1. The standard InChI is InChI=1S/C22H19N3O2/c26-22(21-12-6-7-13-25(21)27)24-14-18(16-8-2-1-3-9-16)19-15-23-20-11-5-4-10-17(19)20/h1-13,15,18,23H,14H2,(H,24,26)/t18-/m0/s1. The number of H-pyrrole nitrogens is 1. The lowest BCUT2D eigenvalue weighted by Gasteiger charge is -2.18. The molecule has 0 fully saturated rings. The number of aromatic nitrogens is 2. The maximum absolute atomic E-state index is 12.5. The van der Waals surface area contributed by atoms with Gasteiger partial charge in [-0.25, -0.2) is 0 Å². The second kappa shape index (κ2) is 7.33. The van der Waals surface area contributed by atoms with Crippen LogP contribution >= 0.6 is 0 Å². The molecule has 1 atom stereocenters. The highest BCUT2D eigenvalue weighted by Gasteiger charge is 2.21. The number of amides is 1. The third-order valence-corrected chi connectivity index (χ3v) is 4.72. The number of hydrogen-bond acceptors (Lipinski definition) is 2. The Hall–Kier alpha value is -3.60. The Balaban J connectivity index is 1.65.